The number of benzene rings is 8. The van der Waals surface area contributed by atoms with E-state index in [1.807, 2.05) is 30.3 Å². The number of thiophene rings is 1. The molecule has 0 aliphatic heterocycles. The van der Waals surface area contributed by atoms with Gasteiger partial charge >= 0.3 is 0 Å². The molecule has 0 saturated heterocycles. The predicted molar refractivity (Wildman–Crippen MR) is 236 cm³/mol. The maximum atomic E-state index is 6.55. The first kappa shape index (κ1) is 31.9. The van der Waals surface area contributed by atoms with E-state index in [0.29, 0.717) is 17.5 Å². The summed E-state index contributed by atoms with van der Waals surface area (Å²) in [5, 5.41) is 6.93. The van der Waals surface area contributed by atoms with E-state index in [1.165, 1.54) is 20.2 Å². The summed E-state index contributed by atoms with van der Waals surface area (Å²) < 4.78 is 11.4. The third-order valence-corrected chi connectivity index (χ3v) is 12.2. The van der Waals surface area contributed by atoms with Crippen molar-refractivity contribution in [2.45, 2.75) is 0 Å². The zero-order chi connectivity index (χ0) is 37.5. The number of hydrogen-bond acceptors (Lipinski definition) is 5. The average molecular weight is 747 g/mol. The second-order valence-corrected chi connectivity index (χ2v) is 15.5. The fraction of sp³-hybridized carbons (Fsp3) is 0. The summed E-state index contributed by atoms with van der Waals surface area (Å²) in [6, 6.07) is 63.7. The van der Waals surface area contributed by atoms with Gasteiger partial charge in [-0.25, -0.2) is 15.0 Å². The molecule has 4 aromatic heterocycles. The fourth-order valence-corrected chi connectivity index (χ4v) is 9.61. The highest BCUT2D eigenvalue weighted by Crippen LogP contribution is 2.42. The largest absolute Gasteiger partial charge is 0.455 e. The minimum Gasteiger partial charge on any atom is -0.455 e. The molecule has 57 heavy (non-hydrogen) atoms. The summed E-state index contributed by atoms with van der Waals surface area (Å²) in [4.78, 5) is 15.4. The van der Waals surface area contributed by atoms with Crippen molar-refractivity contribution in [2.24, 2.45) is 0 Å². The Morgan fingerprint density at radius 1 is 0.404 bits per heavy atom. The maximum absolute atomic E-state index is 6.55. The van der Waals surface area contributed by atoms with Gasteiger partial charge in [0.1, 0.15) is 11.2 Å². The summed E-state index contributed by atoms with van der Waals surface area (Å²) in [6.45, 7) is 0. The minimum atomic E-state index is 0.630. The van der Waals surface area contributed by atoms with Crippen LogP contribution in [0.25, 0.3) is 115 Å². The molecule has 0 amide bonds. The first-order valence-corrected chi connectivity index (χ1v) is 19.8. The summed E-state index contributed by atoms with van der Waals surface area (Å²) >= 11 is 1.80. The van der Waals surface area contributed by atoms with Gasteiger partial charge in [-0.2, -0.15) is 0 Å². The summed E-state index contributed by atoms with van der Waals surface area (Å²) in [6.07, 6.45) is 0. The molecule has 0 N–H and O–H groups in total. The highest BCUT2D eigenvalue weighted by atomic mass is 32.1. The number of nitrogens with zero attached hydrogens (tertiary/aromatic N) is 4. The van der Waals surface area contributed by atoms with Crippen LogP contribution < -0.4 is 0 Å². The van der Waals surface area contributed by atoms with E-state index in [1.54, 1.807) is 11.3 Å². The summed E-state index contributed by atoms with van der Waals surface area (Å²) in [5.74, 6) is 1.93. The Morgan fingerprint density at radius 2 is 1.05 bits per heavy atom. The van der Waals surface area contributed by atoms with E-state index in [9.17, 15) is 0 Å². The van der Waals surface area contributed by atoms with Crippen molar-refractivity contribution in [3.05, 3.63) is 182 Å². The van der Waals surface area contributed by atoms with Crippen molar-refractivity contribution in [1.82, 2.24) is 19.5 Å². The van der Waals surface area contributed by atoms with Crippen LogP contribution in [0.15, 0.2) is 186 Å². The lowest BCUT2D eigenvalue weighted by Gasteiger charge is -2.12. The van der Waals surface area contributed by atoms with Crippen LogP contribution in [0.3, 0.4) is 0 Å². The Morgan fingerprint density at radius 3 is 1.95 bits per heavy atom. The molecular weight excluding hydrogens is 717 g/mol. The van der Waals surface area contributed by atoms with Gasteiger partial charge in [0.25, 0.3) is 0 Å². The second kappa shape index (κ2) is 12.6. The van der Waals surface area contributed by atoms with E-state index in [2.05, 4.69) is 156 Å². The van der Waals surface area contributed by atoms with Crippen molar-refractivity contribution in [3.8, 4) is 51.0 Å². The lowest BCUT2D eigenvalue weighted by Crippen LogP contribution is -2.00. The summed E-state index contributed by atoms with van der Waals surface area (Å²) in [7, 11) is 0. The zero-order valence-corrected chi connectivity index (χ0v) is 31.2. The molecule has 0 spiro atoms. The van der Waals surface area contributed by atoms with Crippen molar-refractivity contribution in [2.75, 3.05) is 0 Å². The number of para-hydroxylation sites is 2. The molecule has 0 unspecified atom stereocenters. The second-order valence-electron chi connectivity index (χ2n) is 14.4. The van der Waals surface area contributed by atoms with Gasteiger partial charge in [-0.15, -0.1) is 11.3 Å². The first-order valence-electron chi connectivity index (χ1n) is 19.0. The number of furan rings is 1. The van der Waals surface area contributed by atoms with E-state index in [4.69, 9.17) is 19.4 Å². The Bertz CT molecular complexity index is 3540. The molecular formula is C51H30N4OS. The van der Waals surface area contributed by atoms with Crippen LogP contribution in [0.1, 0.15) is 0 Å². The molecule has 0 aliphatic rings. The molecule has 266 valence electrons. The number of fused-ring (bicyclic) bond motifs is 10. The van der Waals surface area contributed by atoms with Gasteiger partial charge in [0.15, 0.2) is 17.5 Å². The zero-order valence-electron chi connectivity index (χ0n) is 30.4. The highest BCUT2D eigenvalue weighted by molar-refractivity contribution is 7.25. The molecule has 0 radical (unpaired) electrons. The molecule has 12 aromatic rings. The monoisotopic (exact) mass is 746 g/mol. The van der Waals surface area contributed by atoms with Gasteiger partial charge in [0.2, 0.25) is 0 Å². The van der Waals surface area contributed by atoms with Gasteiger partial charge in [-0.3, -0.25) is 0 Å². The van der Waals surface area contributed by atoms with Crippen molar-refractivity contribution in [1.29, 1.82) is 0 Å². The van der Waals surface area contributed by atoms with E-state index >= 15 is 0 Å². The average Bonchev–Trinajstić information content (AvgIpc) is 3.96. The van der Waals surface area contributed by atoms with E-state index in [0.717, 1.165) is 77.2 Å². The number of aromatic nitrogens is 4. The SMILES string of the molecule is c1ccc(-c2nc(-c3cccc(-c4cccc(-n5c6ccccc6c6c7oc8ccccc8c7ccc65)c4)c3)nc(-c3cccc4sc5ccccc5c34)n2)cc1. The van der Waals surface area contributed by atoms with Crippen LogP contribution in [0.4, 0.5) is 0 Å². The van der Waals surface area contributed by atoms with Gasteiger partial charge in [0.05, 0.1) is 16.4 Å². The maximum Gasteiger partial charge on any atom is 0.164 e. The minimum absolute atomic E-state index is 0.630. The number of rotatable bonds is 5. The molecule has 0 atom stereocenters. The van der Waals surface area contributed by atoms with Crippen LogP contribution in [0.2, 0.25) is 0 Å². The summed E-state index contributed by atoms with van der Waals surface area (Å²) in [5.41, 5.74) is 10.2. The Balaban J connectivity index is 1.01. The standard InChI is InChI=1S/C51H30N4OS/c1-2-13-31(14-3-1)49-52-50(54-51(53-49)40-22-12-26-45-46(40)39-21-6-9-25-44(39)57-45)34-17-10-15-32(29-34)33-16-11-18-35(30-33)55-41-23-7-4-20-38(41)47-42(55)28-27-37-36-19-5-8-24-43(36)56-48(37)47/h1-30H. The van der Waals surface area contributed by atoms with Crippen molar-refractivity contribution < 1.29 is 4.42 Å². The molecule has 8 aromatic carbocycles. The van der Waals surface area contributed by atoms with Crippen molar-refractivity contribution in [3.63, 3.8) is 0 Å². The van der Waals surface area contributed by atoms with Crippen LogP contribution >= 0.6 is 11.3 Å². The Kier molecular flexibility index (Phi) is 7.03. The lowest BCUT2D eigenvalue weighted by atomic mass is 10.0. The predicted octanol–water partition coefficient (Wildman–Crippen LogP) is 13.9. The van der Waals surface area contributed by atoms with Crippen molar-refractivity contribution >= 4 is 75.3 Å². The van der Waals surface area contributed by atoms with Gasteiger partial charge < -0.3 is 8.98 Å². The highest BCUT2D eigenvalue weighted by Gasteiger charge is 2.20. The van der Waals surface area contributed by atoms with Gasteiger partial charge in [-0.1, -0.05) is 127 Å². The Labute approximate surface area is 330 Å². The molecule has 4 heterocycles. The molecule has 0 aliphatic carbocycles. The van der Waals surface area contributed by atoms with Gasteiger partial charge in [0, 0.05) is 58.7 Å². The molecule has 0 fully saturated rings. The topological polar surface area (TPSA) is 56.7 Å². The molecule has 0 saturated carbocycles. The van der Waals surface area contributed by atoms with E-state index in [-0.39, 0.29) is 0 Å². The van der Waals surface area contributed by atoms with Gasteiger partial charge in [-0.05, 0) is 65.7 Å². The van der Waals surface area contributed by atoms with Crippen LogP contribution in [-0.2, 0) is 0 Å². The first-order chi connectivity index (χ1) is 28.2. The smallest absolute Gasteiger partial charge is 0.164 e. The molecule has 12 rings (SSSR count). The normalized spacial score (nSPS) is 11.9. The van der Waals surface area contributed by atoms with Crippen LogP contribution in [0, 0.1) is 0 Å². The molecule has 0 bridgehead atoms. The fourth-order valence-electron chi connectivity index (χ4n) is 8.48. The van der Waals surface area contributed by atoms with Crippen LogP contribution in [0.5, 0.6) is 0 Å². The number of hydrogen-bond donors (Lipinski definition) is 0. The third kappa shape index (κ3) is 5.04. The lowest BCUT2D eigenvalue weighted by molar-refractivity contribution is 0.673. The quantitative estimate of drug-likeness (QED) is 0.176. The molecule has 5 nitrogen and oxygen atoms in total. The Hall–Kier alpha value is -7.41. The molecule has 6 heteroatoms. The van der Waals surface area contributed by atoms with E-state index < -0.39 is 0 Å². The third-order valence-electron chi connectivity index (χ3n) is 11.0. The van der Waals surface area contributed by atoms with Crippen LogP contribution in [-0.4, -0.2) is 19.5 Å².